The van der Waals surface area contributed by atoms with Crippen molar-refractivity contribution in [2.24, 2.45) is 5.92 Å². The normalized spacial score (nSPS) is 25.6. The standard InChI is InChI=1S/C14H17NO4/c1-3-15-13(17)7-11-8(2)10-5-4-9(16)6-12(10)19-14(11)18/h4-6,11-12,16H,3,7H2,1-2H3,(H,15,17). The molecule has 0 fully saturated rings. The van der Waals surface area contributed by atoms with Crippen LogP contribution in [0.2, 0.25) is 0 Å². The fourth-order valence-corrected chi connectivity index (χ4v) is 2.30. The topological polar surface area (TPSA) is 75.6 Å². The molecule has 0 saturated carbocycles. The van der Waals surface area contributed by atoms with Gasteiger partial charge in [-0.15, -0.1) is 0 Å². The minimum absolute atomic E-state index is 0.0801. The molecular formula is C14H17NO4. The van der Waals surface area contributed by atoms with E-state index < -0.39 is 18.0 Å². The highest BCUT2D eigenvalue weighted by atomic mass is 16.5. The Labute approximate surface area is 111 Å². The summed E-state index contributed by atoms with van der Waals surface area (Å²) in [6, 6.07) is 0. The number of hydrogen-bond donors (Lipinski definition) is 2. The lowest BCUT2D eigenvalue weighted by molar-refractivity contribution is -0.152. The Balaban J connectivity index is 2.23. The highest BCUT2D eigenvalue weighted by Gasteiger charge is 2.35. The van der Waals surface area contributed by atoms with Crippen LogP contribution < -0.4 is 5.32 Å². The molecule has 0 aromatic carbocycles. The van der Waals surface area contributed by atoms with Crippen LogP contribution >= 0.6 is 0 Å². The maximum atomic E-state index is 11.9. The van der Waals surface area contributed by atoms with Crippen LogP contribution in [0.15, 0.2) is 35.1 Å². The van der Waals surface area contributed by atoms with Crippen LogP contribution in [0.5, 0.6) is 0 Å². The highest BCUT2D eigenvalue weighted by Crippen LogP contribution is 2.33. The lowest BCUT2D eigenvalue weighted by Crippen LogP contribution is -2.36. The summed E-state index contributed by atoms with van der Waals surface area (Å²) in [5.41, 5.74) is 1.67. The van der Waals surface area contributed by atoms with E-state index in [-0.39, 0.29) is 18.1 Å². The summed E-state index contributed by atoms with van der Waals surface area (Å²) < 4.78 is 5.26. The summed E-state index contributed by atoms with van der Waals surface area (Å²) in [6.07, 6.45) is 4.32. The molecule has 1 aliphatic heterocycles. The Bertz CT molecular complexity index is 502. The van der Waals surface area contributed by atoms with E-state index in [2.05, 4.69) is 5.32 Å². The van der Waals surface area contributed by atoms with Gasteiger partial charge in [0.25, 0.3) is 0 Å². The van der Waals surface area contributed by atoms with Gasteiger partial charge < -0.3 is 15.2 Å². The number of rotatable bonds is 3. The summed E-state index contributed by atoms with van der Waals surface area (Å²) in [6.45, 7) is 4.19. The van der Waals surface area contributed by atoms with Crippen LogP contribution in [0, 0.1) is 5.92 Å². The Morgan fingerprint density at radius 1 is 1.47 bits per heavy atom. The van der Waals surface area contributed by atoms with Gasteiger partial charge in [-0.1, -0.05) is 11.6 Å². The fourth-order valence-electron chi connectivity index (χ4n) is 2.30. The molecule has 2 rings (SSSR count). The van der Waals surface area contributed by atoms with Gasteiger partial charge in [0.05, 0.1) is 5.92 Å². The third kappa shape index (κ3) is 2.70. The van der Waals surface area contributed by atoms with E-state index in [1.165, 1.54) is 6.08 Å². The van der Waals surface area contributed by atoms with Crippen molar-refractivity contribution in [3.8, 4) is 0 Å². The third-order valence-electron chi connectivity index (χ3n) is 3.33. The van der Waals surface area contributed by atoms with Crippen LogP contribution in [0.3, 0.4) is 0 Å². The van der Waals surface area contributed by atoms with Crippen molar-refractivity contribution in [1.29, 1.82) is 0 Å². The Morgan fingerprint density at radius 3 is 2.89 bits per heavy atom. The van der Waals surface area contributed by atoms with Crippen molar-refractivity contribution in [3.63, 3.8) is 0 Å². The van der Waals surface area contributed by atoms with Gasteiger partial charge in [-0.25, -0.2) is 0 Å². The molecular weight excluding hydrogens is 246 g/mol. The van der Waals surface area contributed by atoms with E-state index >= 15 is 0 Å². The largest absolute Gasteiger partial charge is 0.508 e. The maximum Gasteiger partial charge on any atom is 0.314 e. The smallest absolute Gasteiger partial charge is 0.314 e. The Kier molecular flexibility index (Phi) is 3.74. The summed E-state index contributed by atoms with van der Waals surface area (Å²) in [5, 5.41) is 12.1. The summed E-state index contributed by atoms with van der Waals surface area (Å²) in [7, 11) is 0. The molecule has 0 aromatic heterocycles. The van der Waals surface area contributed by atoms with E-state index in [0.717, 1.165) is 11.1 Å². The molecule has 0 saturated heterocycles. The average Bonchev–Trinajstić information content (AvgIpc) is 2.34. The first kappa shape index (κ1) is 13.4. The number of nitrogens with one attached hydrogen (secondary N) is 1. The zero-order chi connectivity index (χ0) is 14.0. The van der Waals surface area contributed by atoms with Crippen molar-refractivity contribution >= 4 is 11.9 Å². The first-order valence-corrected chi connectivity index (χ1v) is 6.29. The van der Waals surface area contributed by atoms with Crippen molar-refractivity contribution in [1.82, 2.24) is 5.32 Å². The van der Waals surface area contributed by atoms with Gasteiger partial charge in [0.1, 0.15) is 11.9 Å². The molecule has 1 amide bonds. The van der Waals surface area contributed by atoms with E-state index in [1.54, 1.807) is 12.2 Å². The second-order valence-electron chi connectivity index (χ2n) is 4.63. The molecule has 2 unspecified atom stereocenters. The quantitative estimate of drug-likeness (QED) is 0.754. The SMILES string of the molecule is CCNC(=O)CC1C(=O)OC2C=C(O)C=CC2=C1C. The van der Waals surface area contributed by atoms with E-state index in [9.17, 15) is 14.7 Å². The number of amides is 1. The predicted octanol–water partition coefficient (Wildman–Crippen LogP) is 1.38. The molecule has 102 valence electrons. The van der Waals surface area contributed by atoms with Crippen molar-refractivity contribution < 1.29 is 19.4 Å². The minimum atomic E-state index is -0.545. The second-order valence-corrected chi connectivity index (χ2v) is 4.63. The van der Waals surface area contributed by atoms with Crippen LogP contribution in [-0.4, -0.2) is 29.6 Å². The van der Waals surface area contributed by atoms with Gasteiger partial charge in [0, 0.05) is 19.0 Å². The zero-order valence-electron chi connectivity index (χ0n) is 11.0. The number of hydrogen-bond acceptors (Lipinski definition) is 4. The first-order chi connectivity index (χ1) is 9.02. The maximum absolute atomic E-state index is 11.9. The molecule has 2 aliphatic rings. The van der Waals surface area contributed by atoms with Gasteiger partial charge in [0.15, 0.2) is 0 Å². The van der Waals surface area contributed by atoms with Crippen LogP contribution in [0.1, 0.15) is 20.3 Å². The van der Waals surface area contributed by atoms with Crippen LogP contribution in [0.25, 0.3) is 0 Å². The van der Waals surface area contributed by atoms with E-state index in [0.29, 0.717) is 6.54 Å². The van der Waals surface area contributed by atoms with Crippen molar-refractivity contribution in [3.05, 3.63) is 35.1 Å². The number of aliphatic hydroxyl groups is 1. The predicted molar refractivity (Wildman–Crippen MR) is 69.2 cm³/mol. The molecule has 5 nitrogen and oxygen atoms in total. The molecule has 0 radical (unpaired) electrons. The molecule has 19 heavy (non-hydrogen) atoms. The van der Waals surface area contributed by atoms with Crippen LogP contribution in [0.4, 0.5) is 0 Å². The van der Waals surface area contributed by atoms with Crippen molar-refractivity contribution in [2.75, 3.05) is 6.54 Å². The number of carbonyl (C=O) groups excluding carboxylic acids is 2. The van der Waals surface area contributed by atoms with Gasteiger partial charge in [-0.05, 0) is 25.5 Å². The van der Waals surface area contributed by atoms with E-state index in [4.69, 9.17) is 4.74 Å². The molecule has 1 heterocycles. The number of aliphatic hydroxyl groups excluding tert-OH is 1. The lowest BCUT2D eigenvalue weighted by atomic mass is 9.86. The Hall–Kier alpha value is -2.04. The van der Waals surface area contributed by atoms with Gasteiger partial charge >= 0.3 is 5.97 Å². The lowest BCUT2D eigenvalue weighted by Gasteiger charge is -2.30. The Morgan fingerprint density at radius 2 is 2.21 bits per heavy atom. The highest BCUT2D eigenvalue weighted by molar-refractivity contribution is 5.86. The average molecular weight is 263 g/mol. The fraction of sp³-hybridized carbons (Fsp3) is 0.429. The van der Waals surface area contributed by atoms with Gasteiger partial charge in [-0.2, -0.15) is 0 Å². The second kappa shape index (κ2) is 5.30. The number of esters is 1. The van der Waals surface area contributed by atoms with Crippen molar-refractivity contribution in [2.45, 2.75) is 26.4 Å². The molecule has 1 aliphatic carbocycles. The molecule has 0 bridgehead atoms. The first-order valence-electron chi connectivity index (χ1n) is 6.29. The molecule has 2 N–H and O–H groups in total. The number of ether oxygens (including phenoxy) is 1. The van der Waals surface area contributed by atoms with Gasteiger partial charge in [-0.3, -0.25) is 9.59 Å². The summed E-state index contributed by atoms with van der Waals surface area (Å²) >= 11 is 0. The van der Waals surface area contributed by atoms with Gasteiger partial charge in [0.2, 0.25) is 5.91 Å². The third-order valence-corrected chi connectivity index (χ3v) is 3.33. The number of carbonyl (C=O) groups is 2. The number of allylic oxidation sites excluding steroid dienone is 1. The van der Waals surface area contributed by atoms with Crippen LogP contribution in [-0.2, 0) is 14.3 Å². The monoisotopic (exact) mass is 263 g/mol. The molecule has 0 spiro atoms. The number of fused-ring (bicyclic) bond motifs is 1. The summed E-state index contributed by atoms with van der Waals surface area (Å²) in [4.78, 5) is 23.5. The minimum Gasteiger partial charge on any atom is -0.508 e. The summed E-state index contributed by atoms with van der Waals surface area (Å²) in [5.74, 6) is -1.05. The molecule has 0 aromatic rings. The van der Waals surface area contributed by atoms with E-state index in [1.807, 2.05) is 13.8 Å². The zero-order valence-corrected chi connectivity index (χ0v) is 11.0. The molecule has 2 atom stereocenters. The molecule has 5 heteroatoms.